The van der Waals surface area contributed by atoms with E-state index in [1.54, 1.807) is 16.8 Å². The van der Waals surface area contributed by atoms with Crippen molar-refractivity contribution in [2.24, 2.45) is 5.73 Å². The molecule has 1 amide bonds. The summed E-state index contributed by atoms with van der Waals surface area (Å²) in [4.78, 5) is 20.3. The van der Waals surface area contributed by atoms with Crippen molar-refractivity contribution in [3.05, 3.63) is 62.6 Å². The second-order valence-corrected chi connectivity index (χ2v) is 6.66. The predicted molar refractivity (Wildman–Crippen MR) is 94.7 cm³/mol. The third kappa shape index (κ3) is 3.18. The van der Waals surface area contributed by atoms with Gasteiger partial charge in [0.25, 0.3) is 5.91 Å². The Kier molecular flexibility index (Phi) is 4.38. The highest BCUT2D eigenvalue weighted by molar-refractivity contribution is 7.14. The summed E-state index contributed by atoms with van der Waals surface area (Å²) < 4.78 is 2.34. The van der Waals surface area contributed by atoms with E-state index in [9.17, 15) is 4.79 Å². The summed E-state index contributed by atoms with van der Waals surface area (Å²) in [5.41, 5.74) is 9.08. The Labute approximate surface area is 148 Å². The minimum atomic E-state index is -0.620. The molecule has 7 heteroatoms. The van der Waals surface area contributed by atoms with Crippen LogP contribution in [-0.4, -0.2) is 20.4 Å². The number of halogens is 1. The topological polar surface area (TPSA) is 73.8 Å². The van der Waals surface area contributed by atoms with Gasteiger partial charge < -0.3 is 5.73 Å². The fourth-order valence-corrected chi connectivity index (χ4v) is 3.01. The van der Waals surface area contributed by atoms with Crippen molar-refractivity contribution >= 4 is 28.8 Å². The summed E-state index contributed by atoms with van der Waals surface area (Å²) in [7, 11) is 0. The van der Waals surface area contributed by atoms with E-state index >= 15 is 0 Å². The third-order valence-corrected chi connectivity index (χ3v) is 4.47. The van der Waals surface area contributed by atoms with Gasteiger partial charge >= 0.3 is 0 Å². The molecule has 0 aliphatic heterocycles. The number of nitrogens with two attached hydrogens (primary N) is 1. The molecule has 3 aromatic heterocycles. The van der Waals surface area contributed by atoms with Crippen LogP contribution >= 0.6 is 22.9 Å². The maximum absolute atomic E-state index is 11.8. The number of hydrogen-bond donors (Lipinski definition) is 1. The van der Waals surface area contributed by atoms with E-state index in [-0.39, 0.29) is 5.82 Å². The Bertz CT molecular complexity index is 976. The average Bonchev–Trinajstić information content (AvgIpc) is 3.10. The fourth-order valence-electron chi connectivity index (χ4n) is 2.20. The monoisotopic (exact) mass is 356 g/mol. The molecule has 3 aromatic rings. The first-order chi connectivity index (χ1) is 11.5. The SMILES string of the molecule is Cc1ccc(-n2c(C(N)=O)nc(C#Cc3csc(Cl)c3)c2C)cn1. The van der Waals surface area contributed by atoms with Crippen molar-refractivity contribution < 1.29 is 4.79 Å². The molecule has 2 N–H and O–H groups in total. The quantitative estimate of drug-likeness (QED) is 0.717. The van der Waals surface area contributed by atoms with Gasteiger partial charge in [0.2, 0.25) is 5.82 Å². The molecule has 0 saturated heterocycles. The van der Waals surface area contributed by atoms with E-state index in [1.165, 1.54) is 11.3 Å². The maximum Gasteiger partial charge on any atom is 0.285 e. The summed E-state index contributed by atoms with van der Waals surface area (Å²) in [5, 5.41) is 1.86. The van der Waals surface area contributed by atoms with Gasteiger partial charge in [-0.05, 0) is 38.0 Å². The van der Waals surface area contributed by atoms with Gasteiger partial charge in [-0.1, -0.05) is 17.5 Å². The van der Waals surface area contributed by atoms with Gasteiger partial charge in [-0.3, -0.25) is 14.3 Å². The Morgan fingerprint density at radius 1 is 1.33 bits per heavy atom. The molecule has 0 spiro atoms. The number of primary amides is 1. The van der Waals surface area contributed by atoms with E-state index in [0.29, 0.717) is 15.7 Å². The maximum atomic E-state index is 11.8. The van der Waals surface area contributed by atoms with Gasteiger partial charge in [-0.15, -0.1) is 11.3 Å². The van der Waals surface area contributed by atoms with Gasteiger partial charge in [0, 0.05) is 16.6 Å². The predicted octanol–water partition coefficient (Wildman–Crippen LogP) is 3.10. The van der Waals surface area contributed by atoms with Gasteiger partial charge in [-0.25, -0.2) is 4.98 Å². The Morgan fingerprint density at radius 2 is 2.12 bits per heavy atom. The second-order valence-electron chi connectivity index (χ2n) is 5.12. The Morgan fingerprint density at radius 3 is 2.71 bits per heavy atom. The van der Waals surface area contributed by atoms with E-state index in [0.717, 1.165) is 17.0 Å². The van der Waals surface area contributed by atoms with Crippen LogP contribution in [0.3, 0.4) is 0 Å². The average molecular weight is 357 g/mol. The molecule has 0 saturated carbocycles. The minimum Gasteiger partial charge on any atom is -0.363 e. The van der Waals surface area contributed by atoms with Crippen LogP contribution in [0.5, 0.6) is 0 Å². The third-order valence-electron chi connectivity index (χ3n) is 3.37. The van der Waals surface area contributed by atoms with Crippen molar-refractivity contribution in [2.45, 2.75) is 13.8 Å². The molecule has 120 valence electrons. The van der Waals surface area contributed by atoms with Crippen LogP contribution in [-0.2, 0) is 0 Å². The normalized spacial score (nSPS) is 10.3. The first kappa shape index (κ1) is 16.2. The Balaban J connectivity index is 2.10. The molecule has 0 radical (unpaired) electrons. The number of hydrogen-bond acceptors (Lipinski definition) is 4. The summed E-state index contributed by atoms with van der Waals surface area (Å²) in [5.74, 6) is 5.48. The van der Waals surface area contributed by atoms with Gasteiger partial charge in [-0.2, -0.15) is 0 Å². The lowest BCUT2D eigenvalue weighted by Gasteiger charge is -2.07. The molecule has 3 rings (SSSR count). The zero-order valence-electron chi connectivity index (χ0n) is 13.0. The number of pyridine rings is 1. The lowest BCUT2D eigenvalue weighted by molar-refractivity contribution is 0.0988. The number of thiophene rings is 1. The highest BCUT2D eigenvalue weighted by atomic mass is 35.5. The van der Waals surface area contributed by atoms with E-state index in [4.69, 9.17) is 17.3 Å². The van der Waals surface area contributed by atoms with Crippen LogP contribution < -0.4 is 5.73 Å². The number of imidazole rings is 1. The van der Waals surface area contributed by atoms with Crippen molar-refractivity contribution in [3.8, 4) is 17.5 Å². The van der Waals surface area contributed by atoms with E-state index < -0.39 is 5.91 Å². The van der Waals surface area contributed by atoms with Crippen molar-refractivity contribution in [3.63, 3.8) is 0 Å². The summed E-state index contributed by atoms with van der Waals surface area (Å²) in [6, 6.07) is 5.50. The summed E-state index contributed by atoms with van der Waals surface area (Å²) in [6.45, 7) is 3.73. The van der Waals surface area contributed by atoms with Crippen molar-refractivity contribution in [2.75, 3.05) is 0 Å². The first-order valence-electron chi connectivity index (χ1n) is 7.04. The standard InChI is InChI=1S/C17H13ClN4OS/c1-10-3-5-13(8-20-10)22-11(2)14(21-17(22)16(19)23)6-4-12-7-15(18)24-9-12/h3,5,7-9H,1-2H3,(H2,19,23). The lowest BCUT2D eigenvalue weighted by atomic mass is 10.3. The van der Waals surface area contributed by atoms with E-state index in [1.807, 2.05) is 31.4 Å². The number of rotatable bonds is 2. The molecule has 0 aliphatic carbocycles. The van der Waals surface area contributed by atoms with Crippen LogP contribution in [0.2, 0.25) is 4.34 Å². The lowest BCUT2D eigenvalue weighted by Crippen LogP contribution is -2.18. The molecule has 5 nitrogen and oxygen atoms in total. The van der Waals surface area contributed by atoms with Gasteiger partial charge in [0.15, 0.2) is 0 Å². The molecule has 0 bridgehead atoms. The number of aryl methyl sites for hydroxylation is 1. The number of carbonyl (C=O) groups is 1. The highest BCUT2D eigenvalue weighted by Gasteiger charge is 2.18. The Hall–Kier alpha value is -2.62. The fraction of sp³-hybridized carbons (Fsp3) is 0.118. The molecule has 0 unspecified atom stereocenters. The van der Waals surface area contributed by atoms with Crippen LogP contribution in [0.25, 0.3) is 5.69 Å². The largest absolute Gasteiger partial charge is 0.363 e. The molecule has 24 heavy (non-hydrogen) atoms. The zero-order valence-corrected chi connectivity index (χ0v) is 14.6. The number of nitrogens with zero attached hydrogens (tertiary/aromatic N) is 3. The van der Waals surface area contributed by atoms with Crippen LogP contribution in [0.1, 0.15) is 33.3 Å². The molecule has 0 fully saturated rings. The molecule has 3 heterocycles. The summed E-state index contributed by atoms with van der Waals surface area (Å²) in [6.07, 6.45) is 1.67. The summed E-state index contributed by atoms with van der Waals surface area (Å²) >= 11 is 7.31. The molecule has 0 atom stereocenters. The first-order valence-corrected chi connectivity index (χ1v) is 8.29. The smallest absolute Gasteiger partial charge is 0.285 e. The van der Waals surface area contributed by atoms with Gasteiger partial charge in [0.1, 0.15) is 5.69 Å². The highest BCUT2D eigenvalue weighted by Crippen LogP contribution is 2.20. The molecular weight excluding hydrogens is 344 g/mol. The van der Waals surface area contributed by atoms with Crippen molar-refractivity contribution in [1.29, 1.82) is 0 Å². The zero-order chi connectivity index (χ0) is 17.3. The van der Waals surface area contributed by atoms with Gasteiger partial charge in [0.05, 0.1) is 21.9 Å². The molecule has 0 aliphatic rings. The van der Waals surface area contributed by atoms with Crippen LogP contribution in [0.4, 0.5) is 0 Å². The number of carbonyl (C=O) groups excluding carboxylic acids is 1. The van der Waals surface area contributed by atoms with E-state index in [2.05, 4.69) is 21.8 Å². The van der Waals surface area contributed by atoms with Crippen LogP contribution in [0.15, 0.2) is 29.8 Å². The minimum absolute atomic E-state index is 0.130. The van der Waals surface area contributed by atoms with Crippen LogP contribution in [0, 0.1) is 25.7 Å². The second kappa shape index (κ2) is 6.48. The van der Waals surface area contributed by atoms with Crippen molar-refractivity contribution in [1.82, 2.24) is 14.5 Å². The molecule has 0 aromatic carbocycles. The molecular formula is C17H13ClN4OS. The number of aromatic nitrogens is 3. The number of amides is 1.